The molecule has 2 aromatic rings. The number of pyridine rings is 1. The van der Waals surface area contributed by atoms with Crippen molar-refractivity contribution in [3.63, 3.8) is 0 Å². The van der Waals surface area contributed by atoms with Crippen LogP contribution < -0.4 is 5.32 Å². The van der Waals surface area contributed by atoms with Crippen LogP contribution in [-0.2, 0) is 17.7 Å². The molecule has 0 aromatic carbocycles. The van der Waals surface area contributed by atoms with E-state index in [-0.39, 0.29) is 0 Å². The molecule has 110 valence electrons. The van der Waals surface area contributed by atoms with Crippen molar-refractivity contribution >= 4 is 17.2 Å². The van der Waals surface area contributed by atoms with E-state index in [9.17, 15) is 0 Å². The van der Waals surface area contributed by atoms with E-state index in [1.54, 1.807) is 0 Å². The van der Waals surface area contributed by atoms with Gasteiger partial charge in [-0.2, -0.15) is 0 Å². The molecule has 4 rings (SSSR count). The number of nitrogens with zero attached hydrogens (tertiary/aromatic N) is 2. The first kappa shape index (κ1) is 13.0. The summed E-state index contributed by atoms with van der Waals surface area (Å²) >= 11 is 0. The normalized spacial score (nSPS) is 20.9. The molecule has 0 bridgehead atoms. The first-order valence-corrected chi connectivity index (χ1v) is 7.79. The summed E-state index contributed by atoms with van der Waals surface area (Å²) in [5, 5.41) is 4.84. The van der Waals surface area contributed by atoms with Gasteiger partial charge in [0.2, 0.25) is 0 Å². The van der Waals surface area contributed by atoms with Crippen molar-refractivity contribution in [3.8, 4) is 0 Å². The number of hydrogen-bond donors (Lipinski definition) is 1. The molecular weight excluding hydrogens is 262 g/mol. The van der Waals surface area contributed by atoms with Gasteiger partial charge in [-0.1, -0.05) is 0 Å². The van der Waals surface area contributed by atoms with Gasteiger partial charge >= 0.3 is 0 Å². The van der Waals surface area contributed by atoms with Crippen molar-refractivity contribution in [1.29, 1.82) is 0 Å². The molecule has 0 spiro atoms. The fourth-order valence-electron chi connectivity index (χ4n) is 3.37. The van der Waals surface area contributed by atoms with Gasteiger partial charge in [0.15, 0.2) is 0 Å². The smallest absolute Gasteiger partial charge is 0.144 e. The van der Waals surface area contributed by atoms with Crippen molar-refractivity contribution in [3.05, 3.63) is 34.7 Å². The molecule has 2 aliphatic heterocycles. The molecule has 4 heteroatoms. The first-order chi connectivity index (χ1) is 10.3. The summed E-state index contributed by atoms with van der Waals surface area (Å²) in [7, 11) is 0. The van der Waals surface area contributed by atoms with E-state index in [2.05, 4.69) is 29.1 Å². The lowest BCUT2D eigenvalue weighted by atomic mass is 10.1. The third-order valence-corrected chi connectivity index (χ3v) is 4.43. The SMILES string of the molecule is Cc1cnc2c(c1)c1c(n2C=C2CCOC2)CCCNC1. The molecule has 1 fully saturated rings. The minimum absolute atomic E-state index is 0.762. The highest BCUT2D eigenvalue weighted by Gasteiger charge is 2.19. The zero-order valence-electron chi connectivity index (χ0n) is 12.5. The Labute approximate surface area is 124 Å². The fraction of sp³-hybridized carbons (Fsp3) is 0.471. The standard InChI is InChI=1S/C17H21N3O/c1-12-7-14-15-9-18-5-2-3-16(15)20(17(14)19-8-12)10-13-4-6-21-11-13/h7-8,10,18H,2-6,9,11H2,1H3. The Morgan fingerprint density at radius 1 is 1.38 bits per heavy atom. The van der Waals surface area contributed by atoms with Gasteiger partial charge in [0.1, 0.15) is 5.65 Å². The Morgan fingerprint density at radius 3 is 3.19 bits per heavy atom. The molecule has 2 aliphatic rings. The number of fused-ring (bicyclic) bond motifs is 3. The third-order valence-electron chi connectivity index (χ3n) is 4.43. The van der Waals surface area contributed by atoms with E-state index in [0.717, 1.165) is 44.8 Å². The van der Waals surface area contributed by atoms with E-state index in [1.807, 2.05) is 6.20 Å². The van der Waals surface area contributed by atoms with E-state index >= 15 is 0 Å². The summed E-state index contributed by atoms with van der Waals surface area (Å²) in [5.41, 5.74) is 6.54. The van der Waals surface area contributed by atoms with Crippen molar-refractivity contribution in [2.75, 3.05) is 19.8 Å². The lowest BCUT2D eigenvalue weighted by molar-refractivity contribution is 0.205. The van der Waals surface area contributed by atoms with Crippen LogP contribution >= 0.6 is 0 Å². The zero-order chi connectivity index (χ0) is 14.2. The maximum atomic E-state index is 5.49. The quantitative estimate of drug-likeness (QED) is 0.874. The predicted octanol–water partition coefficient (Wildman–Crippen LogP) is 2.64. The Bertz CT molecular complexity index is 706. The van der Waals surface area contributed by atoms with Crippen molar-refractivity contribution in [2.24, 2.45) is 0 Å². The summed E-state index contributed by atoms with van der Waals surface area (Å²) < 4.78 is 7.81. The highest BCUT2D eigenvalue weighted by molar-refractivity contribution is 5.85. The molecular formula is C17H21N3O. The summed E-state index contributed by atoms with van der Waals surface area (Å²) in [5.74, 6) is 0. The summed E-state index contributed by atoms with van der Waals surface area (Å²) in [4.78, 5) is 4.71. The topological polar surface area (TPSA) is 39.1 Å². The highest BCUT2D eigenvalue weighted by Crippen LogP contribution is 2.29. The van der Waals surface area contributed by atoms with Crippen LogP contribution in [-0.4, -0.2) is 29.3 Å². The Hall–Kier alpha value is -1.65. The molecule has 0 unspecified atom stereocenters. The minimum Gasteiger partial charge on any atom is -0.377 e. The van der Waals surface area contributed by atoms with Gasteiger partial charge in [-0.3, -0.25) is 0 Å². The molecule has 4 heterocycles. The van der Waals surface area contributed by atoms with Gasteiger partial charge in [-0.05, 0) is 55.5 Å². The lowest BCUT2D eigenvalue weighted by Gasteiger charge is -2.06. The molecule has 4 nitrogen and oxygen atoms in total. The average molecular weight is 283 g/mol. The molecule has 1 N–H and O–H groups in total. The van der Waals surface area contributed by atoms with Crippen LogP contribution in [0, 0.1) is 6.92 Å². The maximum Gasteiger partial charge on any atom is 0.144 e. The van der Waals surface area contributed by atoms with Crippen LogP contribution in [0.1, 0.15) is 29.7 Å². The maximum absolute atomic E-state index is 5.49. The molecule has 0 saturated carbocycles. The van der Waals surface area contributed by atoms with E-state index in [0.29, 0.717) is 0 Å². The van der Waals surface area contributed by atoms with Crippen molar-refractivity contribution in [1.82, 2.24) is 14.9 Å². The van der Waals surface area contributed by atoms with E-state index < -0.39 is 0 Å². The van der Waals surface area contributed by atoms with Gasteiger partial charge in [-0.15, -0.1) is 0 Å². The Balaban J connectivity index is 1.95. The molecule has 0 atom stereocenters. The van der Waals surface area contributed by atoms with Crippen LogP contribution in [0.3, 0.4) is 0 Å². The van der Waals surface area contributed by atoms with Crippen LogP contribution in [0.5, 0.6) is 0 Å². The number of rotatable bonds is 1. The molecule has 0 amide bonds. The monoisotopic (exact) mass is 283 g/mol. The predicted molar refractivity (Wildman–Crippen MR) is 84.2 cm³/mol. The second-order valence-corrected chi connectivity index (χ2v) is 6.05. The molecule has 0 aliphatic carbocycles. The van der Waals surface area contributed by atoms with Crippen LogP contribution in [0.4, 0.5) is 0 Å². The zero-order valence-corrected chi connectivity index (χ0v) is 12.5. The second-order valence-electron chi connectivity index (χ2n) is 6.05. The largest absolute Gasteiger partial charge is 0.377 e. The van der Waals surface area contributed by atoms with Crippen molar-refractivity contribution in [2.45, 2.75) is 32.7 Å². The number of aromatic nitrogens is 2. The highest BCUT2D eigenvalue weighted by atomic mass is 16.5. The van der Waals surface area contributed by atoms with E-state index in [4.69, 9.17) is 9.72 Å². The average Bonchev–Trinajstić information content (AvgIpc) is 3.00. The minimum atomic E-state index is 0.762. The van der Waals surface area contributed by atoms with Crippen LogP contribution in [0.15, 0.2) is 17.8 Å². The summed E-state index contributed by atoms with van der Waals surface area (Å²) in [6.45, 7) is 5.77. The van der Waals surface area contributed by atoms with E-state index in [1.165, 1.54) is 34.2 Å². The molecule has 0 radical (unpaired) electrons. The summed E-state index contributed by atoms with van der Waals surface area (Å²) in [6, 6.07) is 2.27. The Morgan fingerprint density at radius 2 is 2.33 bits per heavy atom. The van der Waals surface area contributed by atoms with Gasteiger partial charge in [0.05, 0.1) is 13.2 Å². The van der Waals surface area contributed by atoms with Gasteiger partial charge in [-0.25, -0.2) is 4.98 Å². The summed E-state index contributed by atoms with van der Waals surface area (Å²) in [6.07, 6.45) is 7.57. The Kier molecular flexibility index (Phi) is 3.28. The van der Waals surface area contributed by atoms with Gasteiger partial charge in [0, 0.05) is 30.0 Å². The van der Waals surface area contributed by atoms with Crippen LogP contribution in [0.25, 0.3) is 17.2 Å². The molecule has 2 aromatic heterocycles. The second kappa shape index (κ2) is 5.28. The number of aryl methyl sites for hydroxylation is 1. The van der Waals surface area contributed by atoms with Gasteiger partial charge in [0.25, 0.3) is 0 Å². The molecule has 21 heavy (non-hydrogen) atoms. The number of nitrogens with one attached hydrogen (secondary N) is 1. The third kappa shape index (κ3) is 2.28. The number of ether oxygens (including phenoxy) is 1. The molecule has 1 saturated heterocycles. The fourth-order valence-corrected chi connectivity index (χ4v) is 3.37. The van der Waals surface area contributed by atoms with Crippen molar-refractivity contribution < 1.29 is 4.74 Å². The lowest BCUT2D eigenvalue weighted by Crippen LogP contribution is -2.11. The first-order valence-electron chi connectivity index (χ1n) is 7.79. The number of hydrogen-bond acceptors (Lipinski definition) is 3. The van der Waals surface area contributed by atoms with Crippen LogP contribution in [0.2, 0.25) is 0 Å². The van der Waals surface area contributed by atoms with Gasteiger partial charge < -0.3 is 14.6 Å².